The predicted octanol–water partition coefficient (Wildman–Crippen LogP) is 2.57. The van der Waals surface area contributed by atoms with Crippen molar-refractivity contribution in [1.29, 1.82) is 0 Å². The van der Waals surface area contributed by atoms with Crippen LogP contribution in [0.1, 0.15) is 18.9 Å². The number of aliphatic carboxylic acids is 1. The zero-order valence-corrected chi connectivity index (χ0v) is 12.4. The van der Waals surface area contributed by atoms with Crippen LogP contribution in [0.2, 0.25) is 0 Å². The van der Waals surface area contributed by atoms with Crippen molar-refractivity contribution in [3.63, 3.8) is 0 Å². The summed E-state index contributed by atoms with van der Waals surface area (Å²) in [7, 11) is 0. The van der Waals surface area contributed by atoms with Gasteiger partial charge in [-0.05, 0) is 36.8 Å². The van der Waals surface area contributed by atoms with Gasteiger partial charge in [0.1, 0.15) is 5.52 Å². The van der Waals surface area contributed by atoms with Crippen LogP contribution in [0.5, 0.6) is 0 Å². The van der Waals surface area contributed by atoms with Gasteiger partial charge in [0.15, 0.2) is 10.8 Å². The van der Waals surface area contributed by atoms with Gasteiger partial charge in [0.25, 0.3) is 0 Å². The minimum atomic E-state index is -0.822. The first-order valence-electron chi connectivity index (χ1n) is 6.72. The molecule has 0 radical (unpaired) electrons. The van der Waals surface area contributed by atoms with Crippen molar-refractivity contribution in [2.75, 3.05) is 5.75 Å². The number of hydrogen-bond acceptors (Lipinski definition) is 4. The number of imidazole rings is 1. The predicted molar refractivity (Wildman–Crippen MR) is 77.9 cm³/mol. The fraction of sp³-hybridized carbons (Fsp3) is 0.500. The molecule has 1 fully saturated rings. The average Bonchev–Trinajstić information content (AvgIpc) is 2.96. The molecule has 0 bridgehead atoms. The first-order valence-corrected chi connectivity index (χ1v) is 7.70. The van der Waals surface area contributed by atoms with E-state index in [4.69, 9.17) is 5.11 Å². The second kappa shape index (κ2) is 5.09. The van der Waals surface area contributed by atoms with Crippen molar-refractivity contribution in [2.24, 2.45) is 11.8 Å². The van der Waals surface area contributed by atoms with Crippen molar-refractivity contribution in [1.82, 2.24) is 14.5 Å². The second-order valence-electron chi connectivity index (χ2n) is 5.52. The Balaban J connectivity index is 1.96. The molecule has 2 heterocycles. The van der Waals surface area contributed by atoms with Gasteiger partial charge in [0.05, 0.1) is 5.75 Å². The Morgan fingerprint density at radius 3 is 3.00 bits per heavy atom. The summed E-state index contributed by atoms with van der Waals surface area (Å²) in [5.41, 5.74) is 2.78. The van der Waals surface area contributed by atoms with E-state index in [2.05, 4.69) is 21.5 Å². The number of carboxylic acids is 1. The van der Waals surface area contributed by atoms with Gasteiger partial charge < -0.3 is 9.67 Å². The SMILES string of the molecule is Cc1cnc2c(c1)nc(SCC(=O)O)n2CC1CC1C. The van der Waals surface area contributed by atoms with Crippen LogP contribution in [0.4, 0.5) is 0 Å². The van der Waals surface area contributed by atoms with Crippen molar-refractivity contribution in [3.05, 3.63) is 17.8 Å². The van der Waals surface area contributed by atoms with Crippen LogP contribution in [0.25, 0.3) is 11.2 Å². The number of nitrogens with zero attached hydrogens (tertiary/aromatic N) is 3. The quantitative estimate of drug-likeness (QED) is 0.858. The molecule has 1 aliphatic rings. The van der Waals surface area contributed by atoms with E-state index in [-0.39, 0.29) is 5.75 Å². The highest BCUT2D eigenvalue weighted by molar-refractivity contribution is 7.99. The molecule has 5 nitrogen and oxygen atoms in total. The molecule has 2 aromatic rings. The van der Waals surface area contributed by atoms with Gasteiger partial charge in [0, 0.05) is 12.7 Å². The van der Waals surface area contributed by atoms with Crippen molar-refractivity contribution < 1.29 is 9.90 Å². The van der Waals surface area contributed by atoms with Gasteiger partial charge >= 0.3 is 5.97 Å². The van der Waals surface area contributed by atoms with Crippen LogP contribution in [-0.2, 0) is 11.3 Å². The topological polar surface area (TPSA) is 68.0 Å². The maximum absolute atomic E-state index is 10.8. The molecule has 0 spiro atoms. The van der Waals surface area contributed by atoms with Gasteiger partial charge in [0.2, 0.25) is 0 Å². The molecule has 0 saturated heterocycles. The lowest BCUT2D eigenvalue weighted by Crippen LogP contribution is -2.06. The summed E-state index contributed by atoms with van der Waals surface area (Å²) in [6.07, 6.45) is 3.07. The highest BCUT2D eigenvalue weighted by Crippen LogP contribution is 2.40. The van der Waals surface area contributed by atoms with Crippen LogP contribution in [0.15, 0.2) is 17.4 Å². The lowest BCUT2D eigenvalue weighted by atomic mass is 10.3. The molecular weight excluding hydrogens is 274 g/mol. The molecule has 2 aromatic heterocycles. The number of fused-ring (bicyclic) bond motifs is 1. The third-order valence-electron chi connectivity index (χ3n) is 3.70. The summed E-state index contributed by atoms with van der Waals surface area (Å²) in [5.74, 6) is 0.621. The molecule has 1 N–H and O–H groups in total. The number of carbonyl (C=O) groups is 1. The van der Waals surface area contributed by atoms with Gasteiger partial charge in [-0.2, -0.15) is 0 Å². The summed E-state index contributed by atoms with van der Waals surface area (Å²) in [5, 5.41) is 9.61. The van der Waals surface area contributed by atoms with E-state index in [0.717, 1.165) is 34.3 Å². The summed E-state index contributed by atoms with van der Waals surface area (Å²) in [6, 6.07) is 2.00. The third kappa shape index (κ3) is 2.65. The van der Waals surface area contributed by atoms with Gasteiger partial charge in [-0.1, -0.05) is 18.7 Å². The third-order valence-corrected chi connectivity index (χ3v) is 4.67. The van der Waals surface area contributed by atoms with E-state index < -0.39 is 5.97 Å². The second-order valence-corrected chi connectivity index (χ2v) is 6.46. The van der Waals surface area contributed by atoms with E-state index in [9.17, 15) is 4.79 Å². The number of aryl methyl sites for hydroxylation is 1. The summed E-state index contributed by atoms with van der Waals surface area (Å²) in [4.78, 5) is 19.8. The summed E-state index contributed by atoms with van der Waals surface area (Å²) in [6.45, 7) is 5.11. The highest BCUT2D eigenvalue weighted by atomic mass is 32.2. The Hall–Kier alpha value is -1.56. The normalized spacial score (nSPS) is 21.3. The van der Waals surface area contributed by atoms with E-state index in [1.807, 2.05) is 19.2 Å². The van der Waals surface area contributed by atoms with Crippen LogP contribution in [-0.4, -0.2) is 31.4 Å². The molecule has 0 aliphatic heterocycles. The number of thioether (sulfide) groups is 1. The molecule has 1 aliphatic carbocycles. The Labute approximate surface area is 121 Å². The number of pyridine rings is 1. The Morgan fingerprint density at radius 1 is 1.60 bits per heavy atom. The smallest absolute Gasteiger partial charge is 0.313 e. The van der Waals surface area contributed by atoms with Crippen LogP contribution in [0, 0.1) is 18.8 Å². The fourth-order valence-corrected chi connectivity index (χ4v) is 3.11. The van der Waals surface area contributed by atoms with Gasteiger partial charge in [-0.3, -0.25) is 4.79 Å². The van der Waals surface area contributed by atoms with Crippen LogP contribution >= 0.6 is 11.8 Å². The monoisotopic (exact) mass is 291 g/mol. The fourth-order valence-electron chi connectivity index (χ4n) is 2.38. The standard InChI is InChI=1S/C14H17N3O2S/c1-8-3-11-13(15-5-8)17(6-10-4-9(10)2)14(16-11)20-7-12(18)19/h3,5,9-10H,4,6-7H2,1-2H3,(H,18,19). The Morgan fingerprint density at radius 2 is 2.35 bits per heavy atom. The maximum Gasteiger partial charge on any atom is 0.313 e. The minimum absolute atomic E-state index is 0.0303. The minimum Gasteiger partial charge on any atom is -0.481 e. The van der Waals surface area contributed by atoms with Crippen molar-refractivity contribution in [2.45, 2.75) is 32.0 Å². The molecule has 2 atom stereocenters. The molecule has 3 rings (SSSR count). The molecule has 106 valence electrons. The molecule has 6 heteroatoms. The lowest BCUT2D eigenvalue weighted by molar-refractivity contribution is -0.133. The molecular formula is C14H17N3O2S. The zero-order valence-electron chi connectivity index (χ0n) is 11.5. The van der Waals surface area contributed by atoms with E-state index >= 15 is 0 Å². The van der Waals surface area contributed by atoms with Gasteiger partial charge in [-0.15, -0.1) is 0 Å². The Kier molecular flexibility index (Phi) is 3.41. The lowest BCUT2D eigenvalue weighted by Gasteiger charge is -2.06. The van der Waals surface area contributed by atoms with E-state index in [1.165, 1.54) is 18.2 Å². The zero-order chi connectivity index (χ0) is 14.3. The van der Waals surface area contributed by atoms with Gasteiger partial charge in [-0.25, -0.2) is 9.97 Å². The maximum atomic E-state index is 10.8. The molecule has 0 amide bonds. The van der Waals surface area contributed by atoms with Crippen molar-refractivity contribution >= 4 is 28.9 Å². The van der Waals surface area contributed by atoms with E-state index in [1.54, 1.807) is 0 Å². The molecule has 1 saturated carbocycles. The summed E-state index contributed by atoms with van der Waals surface area (Å²) >= 11 is 1.27. The van der Waals surface area contributed by atoms with Crippen molar-refractivity contribution in [3.8, 4) is 0 Å². The molecule has 20 heavy (non-hydrogen) atoms. The molecule has 0 aromatic carbocycles. The molecule has 2 unspecified atom stereocenters. The first-order chi connectivity index (χ1) is 9.54. The number of aromatic nitrogens is 3. The summed E-state index contributed by atoms with van der Waals surface area (Å²) < 4.78 is 2.08. The van der Waals surface area contributed by atoms with Crippen LogP contribution < -0.4 is 0 Å². The van der Waals surface area contributed by atoms with E-state index in [0.29, 0.717) is 5.92 Å². The number of rotatable bonds is 5. The number of hydrogen-bond donors (Lipinski definition) is 1. The van der Waals surface area contributed by atoms with Crippen LogP contribution in [0.3, 0.4) is 0 Å². The largest absolute Gasteiger partial charge is 0.481 e. The highest BCUT2D eigenvalue weighted by Gasteiger charge is 2.33. The Bertz CT molecular complexity index is 668. The first kappa shape index (κ1) is 13.4. The average molecular weight is 291 g/mol. The number of carboxylic acid groups (broad SMARTS) is 1.